The van der Waals surface area contributed by atoms with Gasteiger partial charge in [0.2, 0.25) is 0 Å². The topological polar surface area (TPSA) is 0 Å². The van der Waals surface area contributed by atoms with Crippen LogP contribution in [-0.4, -0.2) is 0 Å². The summed E-state index contributed by atoms with van der Waals surface area (Å²) >= 11 is 0. The van der Waals surface area contributed by atoms with Gasteiger partial charge in [0.1, 0.15) is 0 Å². The van der Waals surface area contributed by atoms with Crippen LogP contribution in [-0.2, 0) is 0 Å². The maximum Gasteiger partial charge on any atom is -0.0360 e. The SMILES string of the molecule is CCC(CC)C(CC)C(CC)CCC(C)C.CCC1CCC(C)C(C)C1. The first-order valence-electron chi connectivity index (χ1n) is 12.3. The molecule has 0 aliphatic heterocycles. The molecule has 0 aromatic heterocycles. The predicted molar refractivity (Wildman–Crippen MR) is 122 cm³/mol. The van der Waals surface area contributed by atoms with Crippen LogP contribution in [0.2, 0.25) is 0 Å². The van der Waals surface area contributed by atoms with E-state index >= 15 is 0 Å². The number of hydrogen-bond acceptors (Lipinski definition) is 0. The lowest BCUT2D eigenvalue weighted by molar-refractivity contribution is 0.183. The van der Waals surface area contributed by atoms with E-state index in [1.54, 1.807) is 0 Å². The quantitative estimate of drug-likeness (QED) is 0.361. The van der Waals surface area contributed by atoms with Crippen LogP contribution in [0.4, 0.5) is 0 Å². The lowest BCUT2D eigenvalue weighted by atomic mass is 9.74. The molecule has 0 radical (unpaired) electrons. The summed E-state index contributed by atoms with van der Waals surface area (Å²) in [6.45, 7) is 21.3. The van der Waals surface area contributed by atoms with Crippen LogP contribution in [0.15, 0.2) is 0 Å². The van der Waals surface area contributed by atoms with E-state index in [1.807, 2.05) is 0 Å². The third-order valence-corrected chi connectivity index (χ3v) is 7.65. The first kappa shape index (κ1) is 26.0. The van der Waals surface area contributed by atoms with Gasteiger partial charge in [0.05, 0.1) is 0 Å². The van der Waals surface area contributed by atoms with Crippen LogP contribution >= 0.6 is 0 Å². The molecule has 1 aliphatic carbocycles. The lowest BCUT2D eigenvalue weighted by Gasteiger charge is -2.32. The minimum atomic E-state index is 0.869. The molecule has 26 heavy (non-hydrogen) atoms. The summed E-state index contributed by atoms with van der Waals surface area (Å²) in [4.78, 5) is 0. The third-order valence-electron chi connectivity index (χ3n) is 7.65. The summed E-state index contributed by atoms with van der Waals surface area (Å²) in [6.07, 6.45) is 14.2. The second-order valence-corrected chi connectivity index (χ2v) is 9.83. The zero-order valence-electron chi connectivity index (χ0n) is 20.1. The molecular formula is C26H54. The highest BCUT2D eigenvalue weighted by Gasteiger charge is 2.25. The van der Waals surface area contributed by atoms with E-state index in [1.165, 1.54) is 64.2 Å². The van der Waals surface area contributed by atoms with Crippen molar-refractivity contribution in [2.45, 2.75) is 127 Å². The first-order valence-corrected chi connectivity index (χ1v) is 12.3. The van der Waals surface area contributed by atoms with Gasteiger partial charge in [-0.1, -0.05) is 114 Å². The van der Waals surface area contributed by atoms with Gasteiger partial charge < -0.3 is 0 Å². The van der Waals surface area contributed by atoms with Crippen molar-refractivity contribution in [3.8, 4) is 0 Å². The fourth-order valence-corrected chi connectivity index (χ4v) is 5.24. The van der Waals surface area contributed by atoms with Crippen molar-refractivity contribution in [2.24, 2.45) is 41.4 Å². The van der Waals surface area contributed by atoms with Gasteiger partial charge in [-0.3, -0.25) is 0 Å². The van der Waals surface area contributed by atoms with E-state index in [2.05, 4.69) is 62.3 Å². The van der Waals surface area contributed by atoms with Crippen molar-refractivity contribution in [1.82, 2.24) is 0 Å². The van der Waals surface area contributed by atoms with Gasteiger partial charge in [0.25, 0.3) is 0 Å². The normalized spacial score (nSPS) is 25.7. The highest BCUT2D eigenvalue weighted by molar-refractivity contribution is 4.75. The second-order valence-electron chi connectivity index (χ2n) is 9.83. The van der Waals surface area contributed by atoms with Crippen LogP contribution in [0.5, 0.6) is 0 Å². The minimum Gasteiger partial charge on any atom is -0.0651 e. The Morgan fingerprint density at radius 3 is 1.65 bits per heavy atom. The molecule has 5 unspecified atom stereocenters. The molecule has 1 saturated carbocycles. The van der Waals surface area contributed by atoms with E-state index in [4.69, 9.17) is 0 Å². The number of hydrogen-bond donors (Lipinski definition) is 0. The van der Waals surface area contributed by atoms with Crippen LogP contribution < -0.4 is 0 Å². The Morgan fingerprint density at radius 1 is 0.692 bits per heavy atom. The summed E-state index contributed by atoms with van der Waals surface area (Å²) in [5.41, 5.74) is 0. The Labute approximate surface area is 168 Å². The molecule has 0 aromatic carbocycles. The van der Waals surface area contributed by atoms with Gasteiger partial charge in [-0.05, 0) is 54.3 Å². The zero-order chi connectivity index (χ0) is 20.1. The molecular weight excluding hydrogens is 312 g/mol. The molecule has 0 aromatic rings. The van der Waals surface area contributed by atoms with Crippen LogP contribution in [0.25, 0.3) is 0 Å². The molecule has 0 heterocycles. The molecule has 0 bridgehead atoms. The smallest absolute Gasteiger partial charge is 0.0360 e. The molecule has 0 amide bonds. The highest BCUT2D eigenvalue weighted by atomic mass is 14.3. The van der Waals surface area contributed by atoms with E-state index in [0.717, 1.165) is 41.4 Å². The average molecular weight is 367 g/mol. The summed E-state index contributed by atoms with van der Waals surface area (Å²) in [5.74, 6) is 6.79. The minimum absolute atomic E-state index is 0.869. The second kappa shape index (κ2) is 15.0. The molecule has 0 nitrogen and oxygen atoms in total. The molecule has 0 heteroatoms. The summed E-state index contributed by atoms with van der Waals surface area (Å²) in [7, 11) is 0. The van der Waals surface area contributed by atoms with E-state index in [0.29, 0.717) is 0 Å². The Hall–Kier alpha value is 0. The molecule has 0 spiro atoms. The van der Waals surface area contributed by atoms with Gasteiger partial charge in [-0.25, -0.2) is 0 Å². The summed E-state index contributed by atoms with van der Waals surface area (Å²) < 4.78 is 0. The van der Waals surface area contributed by atoms with Gasteiger partial charge in [-0.2, -0.15) is 0 Å². The fourth-order valence-electron chi connectivity index (χ4n) is 5.24. The zero-order valence-corrected chi connectivity index (χ0v) is 20.1. The highest BCUT2D eigenvalue weighted by Crippen LogP contribution is 2.35. The van der Waals surface area contributed by atoms with Crippen molar-refractivity contribution in [1.29, 1.82) is 0 Å². The fraction of sp³-hybridized carbons (Fsp3) is 1.00. The van der Waals surface area contributed by atoms with Crippen LogP contribution in [0.3, 0.4) is 0 Å². The molecule has 5 atom stereocenters. The molecule has 1 aliphatic rings. The monoisotopic (exact) mass is 366 g/mol. The van der Waals surface area contributed by atoms with Crippen molar-refractivity contribution < 1.29 is 0 Å². The van der Waals surface area contributed by atoms with Gasteiger partial charge in [0.15, 0.2) is 0 Å². The number of rotatable bonds is 10. The molecule has 1 rings (SSSR count). The van der Waals surface area contributed by atoms with Crippen molar-refractivity contribution in [3.63, 3.8) is 0 Å². The predicted octanol–water partition coefficient (Wildman–Crippen LogP) is 9.38. The van der Waals surface area contributed by atoms with Crippen molar-refractivity contribution in [3.05, 3.63) is 0 Å². The van der Waals surface area contributed by atoms with Crippen LogP contribution in [0, 0.1) is 41.4 Å². The van der Waals surface area contributed by atoms with Crippen molar-refractivity contribution in [2.75, 3.05) is 0 Å². The van der Waals surface area contributed by atoms with Gasteiger partial charge in [-0.15, -0.1) is 0 Å². The lowest BCUT2D eigenvalue weighted by Crippen LogP contribution is -2.22. The Bertz CT molecular complexity index is 301. The maximum atomic E-state index is 2.41. The van der Waals surface area contributed by atoms with E-state index in [-0.39, 0.29) is 0 Å². The average Bonchev–Trinajstić information content (AvgIpc) is 2.63. The van der Waals surface area contributed by atoms with E-state index in [9.17, 15) is 0 Å². The molecule has 0 saturated heterocycles. The Morgan fingerprint density at radius 2 is 1.27 bits per heavy atom. The van der Waals surface area contributed by atoms with Gasteiger partial charge >= 0.3 is 0 Å². The maximum absolute atomic E-state index is 2.41. The Kier molecular flexibility index (Phi) is 15.0. The largest absolute Gasteiger partial charge is 0.0651 e. The van der Waals surface area contributed by atoms with Gasteiger partial charge in [0, 0.05) is 0 Å². The molecule has 158 valence electrons. The van der Waals surface area contributed by atoms with E-state index < -0.39 is 0 Å². The summed E-state index contributed by atoms with van der Waals surface area (Å²) in [6, 6.07) is 0. The van der Waals surface area contributed by atoms with Crippen molar-refractivity contribution >= 4 is 0 Å². The Balaban J connectivity index is 0.000000531. The first-order chi connectivity index (χ1) is 12.3. The summed E-state index contributed by atoms with van der Waals surface area (Å²) in [5, 5.41) is 0. The standard InChI is InChI=1S/C16H34.C10H20/c1-7-14(8-2)16(10-4)15(9-3)12-11-13(5)6;1-4-10-6-5-8(2)9(3)7-10/h13-16H,7-12H2,1-6H3;8-10H,4-7H2,1-3H3. The molecule has 0 N–H and O–H groups in total. The van der Waals surface area contributed by atoms with Crippen LogP contribution in [0.1, 0.15) is 127 Å². The molecule has 1 fully saturated rings. The third kappa shape index (κ3) is 9.80.